The van der Waals surface area contributed by atoms with Crippen LogP contribution >= 0.6 is 0 Å². The first-order valence-electron chi connectivity index (χ1n) is 4.77. The van der Waals surface area contributed by atoms with E-state index in [1.54, 1.807) is 0 Å². The molecule has 0 spiro atoms. The summed E-state index contributed by atoms with van der Waals surface area (Å²) in [7, 11) is 0. The molecule has 1 saturated heterocycles. The lowest BCUT2D eigenvalue weighted by Gasteiger charge is -2.11. The van der Waals surface area contributed by atoms with Gasteiger partial charge in [0.2, 0.25) is 5.82 Å². The molecule has 88 valence electrons. The number of primary amides is 1. The fraction of sp³-hybridized carbons (Fsp3) is 0.625. The summed E-state index contributed by atoms with van der Waals surface area (Å²) < 4.78 is 6.61. The third-order valence-electron chi connectivity index (χ3n) is 2.41. The summed E-state index contributed by atoms with van der Waals surface area (Å²) in [5.74, 6) is -0.832. The van der Waals surface area contributed by atoms with Crippen LogP contribution in [0.1, 0.15) is 23.3 Å². The Bertz CT molecular complexity index is 393. The van der Waals surface area contributed by atoms with Crippen LogP contribution in [0.4, 0.5) is 0 Å². The van der Waals surface area contributed by atoms with E-state index in [-0.39, 0.29) is 18.9 Å². The fourth-order valence-electron chi connectivity index (χ4n) is 1.57. The molecule has 0 bridgehead atoms. The summed E-state index contributed by atoms with van der Waals surface area (Å²) in [5, 5.41) is 22.2. The van der Waals surface area contributed by atoms with E-state index in [0.717, 1.165) is 0 Å². The van der Waals surface area contributed by atoms with Crippen LogP contribution in [0.25, 0.3) is 0 Å². The molecule has 3 atom stereocenters. The minimum atomic E-state index is -0.753. The molecule has 1 amide bonds. The van der Waals surface area contributed by atoms with Gasteiger partial charge in [-0.3, -0.25) is 4.79 Å². The second kappa shape index (κ2) is 4.16. The molecule has 1 aliphatic heterocycles. The third kappa shape index (κ3) is 1.90. The number of nitrogens with zero attached hydrogens (tertiary/aromatic N) is 3. The number of aliphatic hydroxyl groups excluding tert-OH is 2. The zero-order valence-electron chi connectivity index (χ0n) is 8.35. The predicted molar refractivity (Wildman–Crippen MR) is 50.2 cm³/mol. The second-order valence-corrected chi connectivity index (χ2v) is 3.53. The van der Waals surface area contributed by atoms with Crippen LogP contribution in [-0.4, -0.2) is 49.7 Å². The average Bonchev–Trinajstić information content (AvgIpc) is 2.83. The van der Waals surface area contributed by atoms with Gasteiger partial charge in [0.25, 0.3) is 5.91 Å². The number of hydrogen-bond donors (Lipinski definition) is 3. The minimum absolute atomic E-state index is 0.106. The van der Waals surface area contributed by atoms with Gasteiger partial charge in [0.15, 0.2) is 6.23 Å². The van der Waals surface area contributed by atoms with Crippen LogP contribution in [-0.2, 0) is 4.74 Å². The normalized spacial score (nSPS) is 29.5. The first-order valence-corrected chi connectivity index (χ1v) is 4.77. The Morgan fingerprint density at radius 3 is 3.00 bits per heavy atom. The fourth-order valence-corrected chi connectivity index (χ4v) is 1.57. The summed E-state index contributed by atoms with van der Waals surface area (Å²) in [6, 6.07) is 0. The Morgan fingerprint density at radius 2 is 2.50 bits per heavy atom. The van der Waals surface area contributed by atoms with Gasteiger partial charge in [-0.1, -0.05) is 0 Å². The van der Waals surface area contributed by atoms with Crippen molar-refractivity contribution in [2.45, 2.75) is 24.9 Å². The average molecular weight is 228 g/mol. The van der Waals surface area contributed by atoms with Crippen molar-refractivity contribution in [2.75, 3.05) is 6.61 Å². The molecule has 4 N–H and O–H groups in total. The van der Waals surface area contributed by atoms with E-state index >= 15 is 0 Å². The summed E-state index contributed by atoms with van der Waals surface area (Å²) in [4.78, 5) is 14.5. The largest absolute Gasteiger partial charge is 0.394 e. The number of carbonyl (C=O) groups excluding carboxylic acids is 1. The third-order valence-corrected chi connectivity index (χ3v) is 2.41. The van der Waals surface area contributed by atoms with Crippen LogP contribution < -0.4 is 5.73 Å². The molecule has 0 aromatic carbocycles. The number of carbonyl (C=O) groups is 1. The minimum Gasteiger partial charge on any atom is -0.394 e. The number of ether oxygens (including phenoxy) is 1. The second-order valence-electron chi connectivity index (χ2n) is 3.53. The van der Waals surface area contributed by atoms with Crippen LogP contribution in [0.5, 0.6) is 0 Å². The molecule has 0 unspecified atom stereocenters. The zero-order chi connectivity index (χ0) is 11.7. The van der Waals surface area contributed by atoms with Gasteiger partial charge < -0.3 is 20.7 Å². The van der Waals surface area contributed by atoms with Crippen molar-refractivity contribution in [1.29, 1.82) is 0 Å². The van der Waals surface area contributed by atoms with Crippen LogP contribution in [0.3, 0.4) is 0 Å². The van der Waals surface area contributed by atoms with Crippen LogP contribution in [0, 0.1) is 0 Å². The topological polar surface area (TPSA) is 123 Å². The van der Waals surface area contributed by atoms with Gasteiger partial charge >= 0.3 is 0 Å². The Balaban J connectivity index is 2.11. The monoisotopic (exact) mass is 228 g/mol. The summed E-state index contributed by atoms with van der Waals surface area (Å²) >= 11 is 0. The van der Waals surface area contributed by atoms with Crippen molar-refractivity contribution < 1.29 is 19.7 Å². The molecule has 0 aliphatic carbocycles. The highest BCUT2D eigenvalue weighted by molar-refractivity contribution is 5.88. The van der Waals surface area contributed by atoms with Gasteiger partial charge in [0, 0.05) is 6.42 Å². The van der Waals surface area contributed by atoms with Gasteiger partial charge in [0.1, 0.15) is 12.4 Å². The van der Waals surface area contributed by atoms with Gasteiger partial charge in [-0.05, 0) is 0 Å². The van der Waals surface area contributed by atoms with Crippen molar-refractivity contribution in [2.24, 2.45) is 5.73 Å². The highest BCUT2D eigenvalue weighted by atomic mass is 16.5. The molecule has 1 aromatic heterocycles. The lowest BCUT2D eigenvalue weighted by atomic mass is 10.2. The maximum atomic E-state index is 10.8. The molecular weight excluding hydrogens is 216 g/mol. The van der Waals surface area contributed by atoms with E-state index in [1.165, 1.54) is 11.0 Å². The lowest BCUT2D eigenvalue weighted by molar-refractivity contribution is -0.0485. The van der Waals surface area contributed by atoms with Gasteiger partial charge in [-0.2, -0.15) is 0 Å². The standard InChI is InChI=1S/C8H12N4O4/c9-7(15)8-10-3-12(11-8)6-1-4(14)5(2-13)16-6/h3-6,13-14H,1-2H2,(H2,9,15)/t4-,5+,6-/m0/s1. The smallest absolute Gasteiger partial charge is 0.288 e. The quantitative estimate of drug-likeness (QED) is 0.550. The summed E-state index contributed by atoms with van der Waals surface area (Å²) in [6.07, 6.45) is -0.334. The van der Waals surface area contributed by atoms with E-state index in [1.807, 2.05) is 0 Å². The lowest BCUT2D eigenvalue weighted by Crippen LogP contribution is -2.24. The highest BCUT2D eigenvalue weighted by Crippen LogP contribution is 2.27. The SMILES string of the molecule is NC(=O)c1ncn([C@@H]2C[C@H](O)[C@@H](CO)O2)n1. The Kier molecular flexibility index (Phi) is 2.86. The molecule has 1 aromatic rings. The van der Waals surface area contributed by atoms with Crippen molar-refractivity contribution in [3.8, 4) is 0 Å². The molecule has 2 heterocycles. The van der Waals surface area contributed by atoms with Crippen molar-refractivity contribution in [1.82, 2.24) is 14.8 Å². The van der Waals surface area contributed by atoms with Gasteiger partial charge in [-0.25, -0.2) is 9.67 Å². The van der Waals surface area contributed by atoms with Crippen LogP contribution in [0.15, 0.2) is 6.33 Å². The summed E-state index contributed by atoms with van der Waals surface area (Å²) in [5.41, 5.74) is 5.00. The molecule has 8 heteroatoms. The maximum absolute atomic E-state index is 10.8. The highest BCUT2D eigenvalue weighted by Gasteiger charge is 2.35. The van der Waals surface area contributed by atoms with Crippen molar-refractivity contribution >= 4 is 5.91 Å². The number of rotatable bonds is 3. The van der Waals surface area contributed by atoms with E-state index in [2.05, 4.69) is 10.1 Å². The number of aromatic nitrogens is 3. The molecule has 8 nitrogen and oxygen atoms in total. The number of amides is 1. The first-order chi connectivity index (χ1) is 7.61. The Hall–Kier alpha value is -1.51. The van der Waals surface area contributed by atoms with Gasteiger partial charge in [0.05, 0.1) is 12.7 Å². The first kappa shape index (κ1) is 11.0. The molecule has 1 fully saturated rings. The molecule has 16 heavy (non-hydrogen) atoms. The summed E-state index contributed by atoms with van der Waals surface area (Å²) in [6.45, 7) is -0.269. The van der Waals surface area contributed by atoms with Crippen molar-refractivity contribution in [3.05, 3.63) is 12.2 Å². The number of aliphatic hydroxyl groups is 2. The number of hydrogen-bond acceptors (Lipinski definition) is 6. The molecular formula is C8H12N4O4. The Morgan fingerprint density at radius 1 is 1.75 bits per heavy atom. The van der Waals surface area contributed by atoms with E-state index in [0.29, 0.717) is 0 Å². The molecule has 2 rings (SSSR count). The maximum Gasteiger partial charge on any atom is 0.288 e. The van der Waals surface area contributed by atoms with E-state index in [9.17, 15) is 9.90 Å². The van der Waals surface area contributed by atoms with Gasteiger partial charge in [-0.15, -0.1) is 5.10 Å². The number of nitrogens with two attached hydrogens (primary N) is 1. The van der Waals surface area contributed by atoms with E-state index in [4.69, 9.17) is 15.6 Å². The van der Waals surface area contributed by atoms with Crippen molar-refractivity contribution in [3.63, 3.8) is 0 Å². The van der Waals surface area contributed by atoms with Crippen LogP contribution in [0.2, 0.25) is 0 Å². The van der Waals surface area contributed by atoms with E-state index < -0.39 is 24.3 Å². The molecule has 0 radical (unpaired) electrons. The zero-order valence-corrected chi connectivity index (χ0v) is 8.35. The predicted octanol–water partition coefficient (Wildman–Crippen LogP) is -1.98. The molecule has 0 saturated carbocycles. The Labute approximate surface area is 90.6 Å². The molecule has 1 aliphatic rings.